The van der Waals surface area contributed by atoms with Crippen LogP contribution in [0.15, 0.2) is 48.5 Å². The van der Waals surface area contributed by atoms with Crippen molar-refractivity contribution < 1.29 is 9.53 Å². The first kappa shape index (κ1) is 12.4. The first-order chi connectivity index (χ1) is 9.72. The van der Waals surface area contributed by atoms with Crippen LogP contribution in [0.3, 0.4) is 0 Å². The summed E-state index contributed by atoms with van der Waals surface area (Å²) in [6.45, 7) is 2.24. The lowest BCUT2D eigenvalue weighted by Crippen LogP contribution is -2.07. The van der Waals surface area contributed by atoms with E-state index in [1.54, 1.807) is 0 Å². The number of esters is 1. The maximum Gasteiger partial charge on any atom is 0.374 e. The Morgan fingerprint density at radius 3 is 2.80 bits per heavy atom. The van der Waals surface area contributed by atoms with Gasteiger partial charge in [0, 0.05) is 0 Å². The highest BCUT2D eigenvalue weighted by Crippen LogP contribution is 2.14. The minimum absolute atomic E-state index is 0.238. The Bertz CT molecular complexity index is 748. The third kappa shape index (κ3) is 2.54. The standard InChI is InChI=1S/C16H14N2O2/c1-11-7-8-13-14(9-11)18-15(17-13)16(19)20-10-12-5-3-2-4-6-12/h2-9H,10H2,1H3,(H,17,18). The zero-order chi connectivity index (χ0) is 13.9. The number of fused-ring (bicyclic) bond motifs is 1. The van der Waals surface area contributed by atoms with E-state index in [0.717, 1.165) is 22.2 Å². The highest BCUT2D eigenvalue weighted by molar-refractivity contribution is 5.90. The fourth-order valence-corrected chi connectivity index (χ4v) is 2.01. The second kappa shape index (κ2) is 5.17. The number of carbonyl (C=O) groups is 1. The monoisotopic (exact) mass is 266 g/mol. The minimum Gasteiger partial charge on any atom is -0.455 e. The molecule has 20 heavy (non-hydrogen) atoms. The molecule has 0 amide bonds. The molecule has 0 atom stereocenters. The number of ether oxygens (including phenoxy) is 1. The molecule has 0 saturated carbocycles. The number of hydrogen-bond donors (Lipinski definition) is 1. The number of carbonyl (C=O) groups excluding carboxylic acids is 1. The Labute approximate surface area is 116 Å². The molecular formula is C16H14N2O2. The van der Waals surface area contributed by atoms with Gasteiger partial charge in [-0.15, -0.1) is 0 Å². The van der Waals surface area contributed by atoms with Gasteiger partial charge in [-0.1, -0.05) is 36.4 Å². The average molecular weight is 266 g/mol. The molecule has 0 spiro atoms. The van der Waals surface area contributed by atoms with Crippen molar-refractivity contribution in [1.82, 2.24) is 9.97 Å². The van der Waals surface area contributed by atoms with Crippen LogP contribution < -0.4 is 0 Å². The number of nitrogens with zero attached hydrogens (tertiary/aromatic N) is 1. The Hall–Kier alpha value is -2.62. The zero-order valence-corrected chi connectivity index (χ0v) is 11.1. The zero-order valence-electron chi connectivity index (χ0n) is 11.1. The van der Waals surface area contributed by atoms with Crippen molar-refractivity contribution in [2.45, 2.75) is 13.5 Å². The molecule has 4 heteroatoms. The largest absolute Gasteiger partial charge is 0.455 e. The van der Waals surface area contributed by atoms with Gasteiger partial charge >= 0.3 is 5.97 Å². The molecule has 0 bridgehead atoms. The van der Waals surface area contributed by atoms with Crippen molar-refractivity contribution in [2.75, 3.05) is 0 Å². The predicted molar refractivity (Wildman–Crippen MR) is 76.4 cm³/mol. The maximum atomic E-state index is 12.0. The van der Waals surface area contributed by atoms with Gasteiger partial charge in [0.25, 0.3) is 0 Å². The SMILES string of the molecule is Cc1ccc2nc(C(=O)OCc3ccccc3)[nH]c2c1. The molecule has 0 unspecified atom stereocenters. The summed E-state index contributed by atoms with van der Waals surface area (Å²) in [5.41, 5.74) is 3.68. The van der Waals surface area contributed by atoms with Crippen molar-refractivity contribution in [3.63, 3.8) is 0 Å². The number of nitrogens with one attached hydrogen (secondary N) is 1. The number of aromatic amines is 1. The number of aromatic nitrogens is 2. The third-order valence-corrected chi connectivity index (χ3v) is 3.04. The summed E-state index contributed by atoms with van der Waals surface area (Å²) in [6.07, 6.45) is 0. The van der Waals surface area contributed by atoms with Crippen molar-refractivity contribution in [3.05, 3.63) is 65.5 Å². The van der Waals surface area contributed by atoms with Gasteiger partial charge < -0.3 is 9.72 Å². The summed E-state index contributed by atoms with van der Waals surface area (Å²) in [5.74, 6) is -0.204. The molecule has 4 nitrogen and oxygen atoms in total. The lowest BCUT2D eigenvalue weighted by molar-refractivity contribution is 0.0460. The van der Waals surface area contributed by atoms with E-state index in [4.69, 9.17) is 4.74 Å². The van der Waals surface area contributed by atoms with Crippen molar-refractivity contribution in [1.29, 1.82) is 0 Å². The molecule has 0 radical (unpaired) electrons. The summed E-state index contributed by atoms with van der Waals surface area (Å²) in [7, 11) is 0. The normalized spacial score (nSPS) is 10.7. The van der Waals surface area contributed by atoms with Gasteiger partial charge in [-0.2, -0.15) is 0 Å². The van der Waals surface area contributed by atoms with Crippen LogP contribution in [0.2, 0.25) is 0 Å². The van der Waals surface area contributed by atoms with Crippen molar-refractivity contribution in [3.8, 4) is 0 Å². The van der Waals surface area contributed by atoms with E-state index in [-0.39, 0.29) is 12.4 Å². The molecule has 0 aliphatic carbocycles. The van der Waals surface area contributed by atoms with Crippen LogP contribution in [0.4, 0.5) is 0 Å². The number of hydrogen-bond acceptors (Lipinski definition) is 3. The van der Waals surface area contributed by atoms with E-state index < -0.39 is 5.97 Å². The van der Waals surface area contributed by atoms with E-state index in [2.05, 4.69) is 9.97 Å². The minimum atomic E-state index is -0.442. The Morgan fingerprint density at radius 1 is 1.20 bits per heavy atom. The van der Waals surface area contributed by atoms with E-state index >= 15 is 0 Å². The molecule has 100 valence electrons. The second-order valence-electron chi connectivity index (χ2n) is 4.67. The maximum absolute atomic E-state index is 12.0. The van der Waals surface area contributed by atoms with E-state index in [1.807, 2.05) is 55.5 Å². The molecule has 1 N–H and O–H groups in total. The molecule has 3 rings (SSSR count). The van der Waals surface area contributed by atoms with Crippen LogP contribution in [0, 0.1) is 6.92 Å². The summed E-state index contributed by atoms with van der Waals surface area (Å²) in [6, 6.07) is 15.4. The molecule has 3 aromatic rings. The quantitative estimate of drug-likeness (QED) is 0.740. The Kier molecular flexibility index (Phi) is 3.21. The fraction of sp³-hybridized carbons (Fsp3) is 0.125. The third-order valence-electron chi connectivity index (χ3n) is 3.04. The summed E-state index contributed by atoms with van der Waals surface area (Å²) < 4.78 is 5.24. The summed E-state index contributed by atoms with van der Waals surface area (Å²) in [5, 5.41) is 0. The second-order valence-corrected chi connectivity index (χ2v) is 4.67. The fourth-order valence-electron chi connectivity index (χ4n) is 2.01. The van der Waals surface area contributed by atoms with Gasteiger partial charge in [-0.25, -0.2) is 9.78 Å². The van der Waals surface area contributed by atoms with Gasteiger partial charge in [0.1, 0.15) is 6.61 Å². The van der Waals surface area contributed by atoms with Gasteiger partial charge in [0.2, 0.25) is 5.82 Å². The first-order valence-corrected chi connectivity index (χ1v) is 6.40. The highest BCUT2D eigenvalue weighted by Gasteiger charge is 2.13. The smallest absolute Gasteiger partial charge is 0.374 e. The van der Waals surface area contributed by atoms with E-state index in [0.29, 0.717) is 0 Å². The topological polar surface area (TPSA) is 55.0 Å². The van der Waals surface area contributed by atoms with Crippen molar-refractivity contribution in [2.24, 2.45) is 0 Å². The van der Waals surface area contributed by atoms with Crippen LogP contribution in [0.25, 0.3) is 11.0 Å². The molecular weight excluding hydrogens is 252 g/mol. The number of imidazole rings is 1. The van der Waals surface area contributed by atoms with Crippen molar-refractivity contribution >= 4 is 17.0 Å². The number of benzene rings is 2. The predicted octanol–water partition coefficient (Wildman–Crippen LogP) is 3.23. The summed E-state index contributed by atoms with van der Waals surface area (Å²) in [4.78, 5) is 19.2. The molecule has 0 fully saturated rings. The van der Waals surface area contributed by atoms with Crippen LogP contribution in [-0.2, 0) is 11.3 Å². The molecule has 0 saturated heterocycles. The molecule has 0 aliphatic heterocycles. The van der Waals surface area contributed by atoms with Gasteiger partial charge in [-0.3, -0.25) is 0 Å². The lowest BCUT2D eigenvalue weighted by atomic mass is 10.2. The van der Waals surface area contributed by atoms with Crippen LogP contribution >= 0.6 is 0 Å². The first-order valence-electron chi connectivity index (χ1n) is 6.40. The van der Waals surface area contributed by atoms with Crippen LogP contribution in [-0.4, -0.2) is 15.9 Å². The Balaban J connectivity index is 1.75. The molecule has 0 aliphatic rings. The molecule has 1 heterocycles. The Morgan fingerprint density at radius 2 is 2.00 bits per heavy atom. The number of rotatable bonds is 3. The average Bonchev–Trinajstić information content (AvgIpc) is 2.89. The number of aryl methyl sites for hydroxylation is 1. The van der Waals surface area contributed by atoms with Crippen LogP contribution in [0.1, 0.15) is 21.7 Å². The number of H-pyrrole nitrogens is 1. The van der Waals surface area contributed by atoms with Gasteiger partial charge in [0.15, 0.2) is 0 Å². The highest BCUT2D eigenvalue weighted by atomic mass is 16.5. The molecule has 2 aromatic carbocycles. The van der Waals surface area contributed by atoms with E-state index in [9.17, 15) is 4.79 Å². The van der Waals surface area contributed by atoms with Gasteiger partial charge in [-0.05, 0) is 30.2 Å². The van der Waals surface area contributed by atoms with E-state index in [1.165, 1.54) is 0 Å². The lowest BCUT2D eigenvalue weighted by Gasteiger charge is -2.02. The molecule has 1 aromatic heterocycles. The van der Waals surface area contributed by atoms with Gasteiger partial charge in [0.05, 0.1) is 11.0 Å². The summed E-state index contributed by atoms with van der Waals surface area (Å²) >= 11 is 0. The van der Waals surface area contributed by atoms with Crippen LogP contribution in [0.5, 0.6) is 0 Å².